The van der Waals surface area contributed by atoms with Crippen molar-refractivity contribution in [3.63, 3.8) is 0 Å². The van der Waals surface area contributed by atoms with Gasteiger partial charge in [0.1, 0.15) is 13.2 Å². The Bertz CT molecular complexity index is 835. The summed E-state index contributed by atoms with van der Waals surface area (Å²) in [5.41, 5.74) is 0. The lowest BCUT2D eigenvalue weighted by molar-refractivity contribution is -0.167. The molecule has 0 aliphatic rings. The Kier molecular flexibility index (Phi) is 39.0. The topological polar surface area (TPSA) is 78.9 Å². The summed E-state index contributed by atoms with van der Waals surface area (Å²) in [5.74, 6) is -0.903. The van der Waals surface area contributed by atoms with Crippen molar-refractivity contribution in [2.24, 2.45) is 0 Å². The van der Waals surface area contributed by atoms with Gasteiger partial charge in [-0.2, -0.15) is 0 Å². The lowest BCUT2D eigenvalue weighted by Gasteiger charge is -2.18. The smallest absolute Gasteiger partial charge is 0.306 e. The summed E-state index contributed by atoms with van der Waals surface area (Å²) in [6, 6.07) is 0. The van der Waals surface area contributed by atoms with E-state index in [-0.39, 0.29) is 31.1 Å². The van der Waals surface area contributed by atoms with Crippen LogP contribution in [-0.4, -0.2) is 37.2 Å². The zero-order valence-corrected chi connectivity index (χ0v) is 33.9. The van der Waals surface area contributed by atoms with Crippen molar-refractivity contribution >= 4 is 17.9 Å². The Balaban J connectivity index is 4.20. The van der Waals surface area contributed by atoms with Crippen molar-refractivity contribution in [3.05, 3.63) is 24.3 Å². The highest BCUT2D eigenvalue weighted by Gasteiger charge is 2.19. The van der Waals surface area contributed by atoms with Crippen molar-refractivity contribution in [2.75, 3.05) is 13.2 Å². The van der Waals surface area contributed by atoms with Crippen molar-refractivity contribution in [1.29, 1.82) is 0 Å². The molecule has 0 aliphatic heterocycles. The van der Waals surface area contributed by atoms with E-state index in [2.05, 4.69) is 45.1 Å². The summed E-state index contributed by atoms with van der Waals surface area (Å²) < 4.78 is 16.6. The zero-order chi connectivity index (χ0) is 37.3. The van der Waals surface area contributed by atoms with E-state index in [0.29, 0.717) is 19.3 Å². The summed E-state index contributed by atoms with van der Waals surface area (Å²) in [6.07, 6.45) is 43.3. The lowest BCUT2D eigenvalue weighted by Crippen LogP contribution is -2.30. The van der Waals surface area contributed by atoms with Crippen LogP contribution in [0, 0.1) is 0 Å². The van der Waals surface area contributed by atoms with Crippen LogP contribution < -0.4 is 0 Å². The molecule has 0 N–H and O–H groups in total. The quantitative estimate of drug-likeness (QED) is 0.0272. The molecule has 0 aromatic rings. The van der Waals surface area contributed by atoms with Gasteiger partial charge in [0.15, 0.2) is 6.10 Å². The van der Waals surface area contributed by atoms with Gasteiger partial charge < -0.3 is 14.2 Å². The average molecular weight is 719 g/mol. The molecular weight excluding hydrogens is 636 g/mol. The van der Waals surface area contributed by atoms with Crippen LogP contribution in [0.5, 0.6) is 0 Å². The van der Waals surface area contributed by atoms with Gasteiger partial charge in [-0.15, -0.1) is 0 Å². The zero-order valence-electron chi connectivity index (χ0n) is 33.9. The number of hydrogen-bond acceptors (Lipinski definition) is 6. The van der Waals surface area contributed by atoms with Crippen LogP contribution in [-0.2, 0) is 28.6 Å². The molecule has 0 radical (unpaired) electrons. The van der Waals surface area contributed by atoms with Gasteiger partial charge in [-0.25, -0.2) is 0 Å². The van der Waals surface area contributed by atoms with Crippen molar-refractivity contribution in [3.8, 4) is 0 Å². The molecule has 0 rings (SSSR count). The van der Waals surface area contributed by atoms with Crippen molar-refractivity contribution in [2.45, 2.75) is 232 Å². The molecule has 51 heavy (non-hydrogen) atoms. The molecule has 0 aromatic heterocycles. The fourth-order valence-corrected chi connectivity index (χ4v) is 6.06. The summed E-state index contributed by atoms with van der Waals surface area (Å²) in [7, 11) is 0. The molecular formula is C45H82O6. The molecule has 1 unspecified atom stereocenters. The minimum absolute atomic E-state index is 0.0759. The number of allylic oxidation sites excluding steroid dienone is 4. The first-order valence-electron chi connectivity index (χ1n) is 21.8. The Morgan fingerprint density at radius 2 is 0.667 bits per heavy atom. The molecule has 6 heteroatoms. The molecule has 0 aliphatic carbocycles. The van der Waals surface area contributed by atoms with Gasteiger partial charge in [-0.3, -0.25) is 14.4 Å². The average Bonchev–Trinajstić information content (AvgIpc) is 3.12. The van der Waals surface area contributed by atoms with E-state index in [4.69, 9.17) is 14.2 Å². The van der Waals surface area contributed by atoms with E-state index in [0.717, 1.165) is 77.0 Å². The fourth-order valence-electron chi connectivity index (χ4n) is 6.06. The Morgan fingerprint density at radius 3 is 1.04 bits per heavy atom. The van der Waals surface area contributed by atoms with E-state index >= 15 is 0 Å². The van der Waals surface area contributed by atoms with Gasteiger partial charge in [0.2, 0.25) is 0 Å². The number of rotatable bonds is 39. The number of unbranched alkanes of at least 4 members (excludes halogenated alkanes) is 24. The Morgan fingerprint density at radius 1 is 0.373 bits per heavy atom. The highest BCUT2D eigenvalue weighted by atomic mass is 16.6. The van der Waals surface area contributed by atoms with Gasteiger partial charge in [-0.1, -0.05) is 167 Å². The highest BCUT2D eigenvalue weighted by molar-refractivity contribution is 5.71. The number of ether oxygens (including phenoxy) is 3. The van der Waals surface area contributed by atoms with Gasteiger partial charge in [-0.05, 0) is 64.2 Å². The second-order valence-electron chi connectivity index (χ2n) is 14.6. The predicted molar refractivity (Wildman–Crippen MR) is 215 cm³/mol. The molecule has 298 valence electrons. The number of carbonyl (C=O) groups is 3. The number of hydrogen-bond donors (Lipinski definition) is 0. The predicted octanol–water partition coefficient (Wildman–Crippen LogP) is 13.6. The van der Waals surface area contributed by atoms with Crippen LogP contribution in [0.2, 0.25) is 0 Å². The summed E-state index contributed by atoms with van der Waals surface area (Å²) in [4.78, 5) is 37.4. The maximum atomic E-state index is 12.6. The molecule has 1 atom stereocenters. The lowest BCUT2D eigenvalue weighted by atomic mass is 10.1. The standard InChI is InChI=1S/C45H82O6/c1-4-7-10-13-15-17-19-20-21-22-23-24-26-27-29-32-35-38-44(47)50-41-42(40-49-43(46)37-34-31-12-9-6-3)51-45(48)39-36-33-30-28-25-18-16-14-11-8-5-2/h14,16,20-21,42H,4-13,15,17-19,22-41H2,1-3H3/b16-14-,21-20-. The van der Waals surface area contributed by atoms with Crippen LogP contribution in [0.1, 0.15) is 226 Å². The fraction of sp³-hybridized carbons (Fsp3) is 0.844. The molecule has 0 spiro atoms. The molecule has 0 aromatic carbocycles. The third kappa shape index (κ3) is 38.9. The first kappa shape index (κ1) is 48.9. The molecule has 0 saturated heterocycles. The third-order valence-electron chi connectivity index (χ3n) is 9.43. The largest absolute Gasteiger partial charge is 0.462 e. The minimum atomic E-state index is -0.768. The van der Waals surface area contributed by atoms with Crippen LogP contribution in [0.4, 0.5) is 0 Å². The second kappa shape index (κ2) is 40.7. The van der Waals surface area contributed by atoms with E-state index in [1.54, 1.807) is 0 Å². The summed E-state index contributed by atoms with van der Waals surface area (Å²) in [5, 5.41) is 0. The van der Waals surface area contributed by atoms with Crippen molar-refractivity contribution in [1.82, 2.24) is 0 Å². The first-order chi connectivity index (χ1) is 25.0. The SMILES string of the molecule is CCCC/C=C\CCCCCCCC(=O)OC(COC(=O)CCCCCCC)COC(=O)CCCCCCCCC/C=C\CCCCCCCC. The van der Waals surface area contributed by atoms with Gasteiger partial charge in [0.25, 0.3) is 0 Å². The number of carbonyl (C=O) groups excluding carboxylic acids is 3. The van der Waals surface area contributed by atoms with Gasteiger partial charge in [0, 0.05) is 19.3 Å². The van der Waals surface area contributed by atoms with Crippen molar-refractivity contribution < 1.29 is 28.6 Å². The Hall–Kier alpha value is -2.11. The molecule has 0 amide bonds. The van der Waals surface area contributed by atoms with E-state index in [9.17, 15) is 14.4 Å². The van der Waals surface area contributed by atoms with Crippen LogP contribution in [0.15, 0.2) is 24.3 Å². The second-order valence-corrected chi connectivity index (χ2v) is 14.6. The van der Waals surface area contributed by atoms with E-state index in [1.165, 1.54) is 109 Å². The number of esters is 3. The monoisotopic (exact) mass is 719 g/mol. The van der Waals surface area contributed by atoms with Crippen LogP contribution in [0.25, 0.3) is 0 Å². The van der Waals surface area contributed by atoms with E-state index < -0.39 is 6.10 Å². The maximum Gasteiger partial charge on any atom is 0.306 e. The summed E-state index contributed by atoms with van der Waals surface area (Å²) in [6.45, 7) is 6.49. The maximum absolute atomic E-state index is 12.6. The van der Waals surface area contributed by atoms with Crippen LogP contribution in [0.3, 0.4) is 0 Å². The Labute approximate surface area is 315 Å². The van der Waals surface area contributed by atoms with E-state index in [1.807, 2.05) is 0 Å². The highest BCUT2D eigenvalue weighted by Crippen LogP contribution is 2.14. The minimum Gasteiger partial charge on any atom is -0.462 e. The molecule has 6 nitrogen and oxygen atoms in total. The first-order valence-corrected chi connectivity index (χ1v) is 21.8. The van der Waals surface area contributed by atoms with Crippen LogP contribution >= 0.6 is 0 Å². The molecule has 0 bridgehead atoms. The van der Waals surface area contributed by atoms with Gasteiger partial charge in [0.05, 0.1) is 0 Å². The normalized spacial score (nSPS) is 12.1. The molecule has 0 fully saturated rings. The molecule has 0 saturated carbocycles. The van der Waals surface area contributed by atoms with Gasteiger partial charge >= 0.3 is 17.9 Å². The molecule has 0 heterocycles. The summed E-state index contributed by atoms with van der Waals surface area (Å²) >= 11 is 0. The third-order valence-corrected chi connectivity index (χ3v) is 9.43.